The van der Waals surface area contributed by atoms with Gasteiger partial charge < -0.3 is 15.8 Å². The Balaban J connectivity index is 1.79. The minimum absolute atomic E-state index is 0.0173. The molecular weight excluding hydrogens is 276 g/mol. The molecule has 5 nitrogen and oxygen atoms in total. The first-order chi connectivity index (χ1) is 9.69. The quantitative estimate of drug-likeness (QED) is 0.831. The number of amides is 1. The zero-order valence-electron chi connectivity index (χ0n) is 11.3. The van der Waals surface area contributed by atoms with Crippen molar-refractivity contribution in [3.8, 4) is 5.75 Å². The molecule has 0 aromatic heterocycles. The van der Waals surface area contributed by atoms with E-state index in [1.807, 2.05) is 18.2 Å². The van der Waals surface area contributed by atoms with Gasteiger partial charge in [0.1, 0.15) is 5.75 Å². The number of benzene rings is 1. The summed E-state index contributed by atoms with van der Waals surface area (Å²) in [7, 11) is -0.710. The van der Waals surface area contributed by atoms with Gasteiger partial charge in [0.05, 0.1) is 0 Å². The van der Waals surface area contributed by atoms with Crippen LogP contribution in [0.25, 0.3) is 0 Å². The molecule has 1 heterocycles. The molecule has 1 fully saturated rings. The molecule has 3 N–H and O–H groups in total. The summed E-state index contributed by atoms with van der Waals surface area (Å²) in [5.41, 5.74) is 6.49. The lowest BCUT2D eigenvalue weighted by Crippen LogP contribution is -2.41. The summed E-state index contributed by atoms with van der Waals surface area (Å²) >= 11 is 0. The van der Waals surface area contributed by atoms with Crippen LogP contribution in [0.2, 0.25) is 0 Å². The van der Waals surface area contributed by atoms with Gasteiger partial charge >= 0.3 is 0 Å². The smallest absolute Gasteiger partial charge is 0.258 e. The highest BCUT2D eigenvalue weighted by molar-refractivity contribution is 7.85. The van der Waals surface area contributed by atoms with Crippen LogP contribution in [0, 0.1) is 0 Å². The van der Waals surface area contributed by atoms with Gasteiger partial charge in [-0.05, 0) is 18.9 Å². The van der Waals surface area contributed by atoms with Crippen molar-refractivity contribution in [3.05, 3.63) is 29.8 Å². The minimum atomic E-state index is -0.710. The van der Waals surface area contributed by atoms with Crippen LogP contribution in [0.15, 0.2) is 24.3 Å². The van der Waals surface area contributed by atoms with Crippen LogP contribution in [-0.4, -0.2) is 34.3 Å². The number of ether oxygens (including phenoxy) is 1. The third-order valence-corrected chi connectivity index (χ3v) is 4.69. The molecule has 1 aromatic carbocycles. The van der Waals surface area contributed by atoms with Crippen LogP contribution in [-0.2, 0) is 22.1 Å². The molecule has 1 amide bonds. The highest BCUT2D eigenvalue weighted by Crippen LogP contribution is 2.17. The van der Waals surface area contributed by atoms with Crippen molar-refractivity contribution in [2.75, 3.05) is 18.1 Å². The Bertz CT molecular complexity index is 483. The van der Waals surface area contributed by atoms with Crippen molar-refractivity contribution in [3.63, 3.8) is 0 Å². The fraction of sp³-hybridized carbons (Fsp3) is 0.500. The van der Waals surface area contributed by atoms with E-state index in [1.54, 1.807) is 6.07 Å². The first-order valence-electron chi connectivity index (χ1n) is 6.74. The Morgan fingerprint density at radius 1 is 1.35 bits per heavy atom. The summed E-state index contributed by atoms with van der Waals surface area (Å²) in [6.45, 7) is 0.364. The second-order valence-corrected chi connectivity index (χ2v) is 6.49. The van der Waals surface area contributed by atoms with Crippen molar-refractivity contribution in [2.45, 2.75) is 25.4 Å². The Morgan fingerprint density at radius 2 is 2.05 bits per heavy atom. The van der Waals surface area contributed by atoms with E-state index in [-0.39, 0.29) is 18.6 Å². The summed E-state index contributed by atoms with van der Waals surface area (Å²) in [5.74, 6) is 1.84. The number of rotatable bonds is 5. The number of hydrogen-bond donors (Lipinski definition) is 2. The predicted octanol–water partition coefficient (Wildman–Crippen LogP) is 0.551. The molecule has 1 aromatic rings. The molecule has 6 heteroatoms. The van der Waals surface area contributed by atoms with Crippen LogP contribution >= 0.6 is 0 Å². The monoisotopic (exact) mass is 296 g/mol. The van der Waals surface area contributed by atoms with E-state index in [0.29, 0.717) is 23.8 Å². The van der Waals surface area contributed by atoms with Gasteiger partial charge in [-0.2, -0.15) is 0 Å². The highest BCUT2D eigenvalue weighted by atomic mass is 32.2. The van der Waals surface area contributed by atoms with Crippen LogP contribution in [0.5, 0.6) is 5.75 Å². The Labute approximate surface area is 121 Å². The SMILES string of the molecule is NCc1ccccc1OCC(=O)NC1CCS(=O)CC1. The second kappa shape index (κ2) is 7.40. The first kappa shape index (κ1) is 15.0. The summed E-state index contributed by atoms with van der Waals surface area (Å²) in [5, 5.41) is 2.92. The van der Waals surface area contributed by atoms with Crippen molar-refractivity contribution >= 4 is 16.7 Å². The third-order valence-electron chi connectivity index (χ3n) is 3.30. The second-order valence-electron chi connectivity index (χ2n) is 4.79. The fourth-order valence-corrected chi connectivity index (χ4v) is 3.46. The van der Waals surface area contributed by atoms with E-state index in [0.717, 1.165) is 18.4 Å². The molecule has 110 valence electrons. The van der Waals surface area contributed by atoms with Crippen molar-refractivity contribution < 1.29 is 13.7 Å². The molecule has 0 saturated carbocycles. The Kier molecular flexibility index (Phi) is 5.55. The van der Waals surface area contributed by atoms with Crippen LogP contribution in [0.3, 0.4) is 0 Å². The average Bonchev–Trinajstić information content (AvgIpc) is 2.48. The molecule has 0 aliphatic carbocycles. The average molecular weight is 296 g/mol. The molecule has 0 unspecified atom stereocenters. The van der Waals surface area contributed by atoms with E-state index >= 15 is 0 Å². The van der Waals surface area contributed by atoms with Gasteiger partial charge in [0.2, 0.25) is 0 Å². The number of carbonyl (C=O) groups excluding carboxylic acids is 1. The largest absolute Gasteiger partial charge is 0.483 e. The van der Waals surface area contributed by atoms with Gasteiger partial charge in [0.25, 0.3) is 5.91 Å². The maximum Gasteiger partial charge on any atom is 0.258 e. The molecule has 1 saturated heterocycles. The van der Waals surface area contributed by atoms with E-state index in [9.17, 15) is 9.00 Å². The molecule has 1 aliphatic heterocycles. The van der Waals surface area contributed by atoms with Gasteiger partial charge in [-0.15, -0.1) is 0 Å². The van der Waals surface area contributed by atoms with Crippen molar-refractivity contribution in [2.24, 2.45) is 5.73 Å². The molecular formula is C14H20N2O3S. The van der Waals surface area contributed by atoms with Gasteiger partial charge in [-0.25, -0.2) is 0 Å². The number of nitrogens with one attached hydrogen (secondary N) is 1. The molecule has 0 spiro atoms. The van der Waals surface area contributed by atoms with Crippen LogP contribution in [0.4, 0.5) is 0 Å². The van der Waals surface area contributed by atoms with Crippen LogP contribution < -0.4 is 15.8 Å². The van der Waals surface area contributed by atoms with E-state index in [2.05, 4.69) is 5.32 Å². The lowest BCUT2D eigenvalue weighted by molar-refractivity contribution is -0.123. The van der Waals surface area contributed by atoms with Crippen molar-refractivity contribution in [1.29, 1.82) is 0 Å². The molecule has 1 aliphatic rings. The van der Waals surface area contributed by atoms with Crippen molar-refractivity contribution in [1.82, 2.24) is 5.32 Å². The fourth-order valence-electron chi connectivity index (χ4n) is 2.16. The molecule has 0 bridgehead atoms. The standard InChI is InChI=1S/C14H20N2O3S/c15-9-11-3-1-2-4-13(11)19-10-14(17)16-12-5-7-20(18)8-6-12/h1-4,12H,5-10,15H2,(H,16,17). The number of carbonyl (C=O) groups is 1. The summed E-state index contributed by atoms with van der Waals surface area (Å²) in [6, 6.07) is 7.54. The number of hydrogen-bond acceptors (Lipinski definition) is 4. The van der Waals surface area contributed by atoms with Gasteiger partial charge in [0.15, 0.2) is 6.61 Å². The zero-order chi connectivity index (χ0) is 14.4. The summed E-state index contributed by atoms with van der Waals surface area (Å²) in [4.78, 5) is 11.8. The van der Waals surface area contributed by atoms with Gasteiger partial charge in [-0.1, -0.05) is 18.2 Å². The molecule has 0 radical (unpaired) electrons. The van der Waals surface area contributed by atoms with E-state index < -0.39 is 10.8 Å². The van der Waals surface area contributed by atoms with E-state index in [1.165, 1.54) is 0 Å². The maximum atomic E-state index is 11.8. The zero-order valence-corrected chi connectivity index (χ0v) is 12.2. The molecule has 20 heavy (non-hydrogen) atoms. The van der Waals surface area contributed by atoms with Crippen LogP contribution in [0.1, 0.15) is 18.4 Å². The molecule has 0 atom stereocenters. The Morgan fingerprint density at radius 3 is 2.75 bits per heavy atom. The minimum Gasteiger partial charge on any atom is -0.483 e. The number of para-hydroxylation sites is 1. The lowest BCUT2D eigenvalue weighted by atomic mass is 10.1. The molecule has 2 rings (SSSR count). The lowest BCUT2D eigenvalue weighted by Gasteiger charge is -2.22. The topological polar surface area (TPSA) is 81.4 Å². The summed E-state index contributed by atoms with van der Waals surface area (Å²) < 4.78 is 16.7. The Hall–Kier alpha value is -1.40. The van der Waals surface area contributed by atoms with E-state index in [4.69, 9.17) is 10.5 Å². The van der Waals surface area contributed by atoms with Gasteiger partial charge in [-0.3, -0.25) is 9.00 Å². The normalized spacial score (nSPS) is 22.2. The summed E-state index contributed by atoms with van der Waals surface area (Å²) in [6.07, 6.45) is 1.55. The predicted molar refractivity (Wildman–Crippen MR) is 78.9 cm³/mol. The maximum absolute atomic E-state index is 11.8. The highest BCUT2D eigenvalue weighted by Gasteiger charge is 2.19. The third kappa shape index (κ3) is 4.31. The number of nitrogens with two attached hydrogens (primary N) is 1. The van der Waals surface area contributed by atoms with Gasteiger partial charge in [0, 0.05) is 40.5 Å². The first-order valence-corrected chi connectivity index (χ1v) is 8.23.